The smallest absolute Gasteiger partial charge is 0.423 e. The molecule has 1 fully saturated rings. The van der Waals surface area contributed by atoms with Gasteiger partial charge in [-0.15, -0.1) is 0 Å². The lowest BCUT2D eigenvalue weighted by molar-refractivity contribution is -0.115. The first-order valence-corrected chi connectivity index (χ1v) is 6.77. The van der Waals surface area contributed by atoms with Crippen molar-refractivity contribution in [2.24, 2.45) is 0 Å². The molecule has 1 aliphatic carbocycles. The van der Waals surface area contributed by atoms with Gasteiger partial charge in [0, 0.05) is 5.56 Å². The quantitative estimate of drug-likeness (QED) is 0.603. The van der Waals surface area contributed by atoms with Gasteiger partial charge in [0.15, 0.2) is 0 Å². The molecule has 2 aliphatic rings. The fourth-order valence-corrected chi connectivity index (χ4v) is 2.88. The Labute approximate surface area is 117 Å². The Hall–Kier alpha value is -1.66. The Kier molecular flexibility index (Phi) is 3.14. The molecule has 1 amide bonds. The summed E-state index contributed by atoms with van der Waals surface area (Å²) < 4.78 is 5.16. The van der Waals surface area contributed by atoms with Gasteiger partial charge in [-0.3, -0.25) is 4.79 Å². The number of amides is 1. The van der Waals surface area contributed by atoms with Crippen LogP contribution in [0, 0.1) is 6.92 Å². The van der Waals surface area contributed by atoms with Crippen molar-refractivity contribution in [2.75, 3.05) is 0 Å². The van der Waals surface area contributed by atoms with Crippen LogP contribution in [0.15, 0.2) is 12.1 Å². The maximum Gasteiger partial charge on any atom is 0.492 e. The van der Waals surface area contributed by atoms with Crippen molar-refractivity contribution < 1.29 is 19.3 Å². The molecule has 3 rings (SSSR count). The molecule has 0 radical (unpaired) electrons. The normalized spacial score (nSPS) is 19.2. The molecule has 0 bridgehead atoms. The number of rotatable bonds is 3. The molecule has 1 aliphatic heterocycles. The van der Waals surface area contributed by atoms with Crippen LogP contribution in [-0.4, -0.2) is 29.9 Å². The number of benzene rings is 1. The topological polar surface area (TPSA) is 75.6 Å². The predicted octanol–water partition coefficient (Wildman–Crippen LogP) is 0.0641. The van der Waals surface area contributed by atoms with Gasteiger partial charge in [-0.25, -0.2) is 0 Å². The number of carbonyl (C=O) groups is 2. The summed E-state index contributed by atoms with van der Waals surface area (Å²) in [6, 6.07) is 3.52. The minimum absolute atomic E-state index is 0.267. The van der Waals surface area contributed by atoms with Gasteiger partial charge in [-0.05, 0) is 48.8 Å². The summed E-state index contributed by atoms with van der Waals surface area (Å²) in [5.74, 6) is -0.267. The van der Waals surface area contributed by atoms with Crippen molar-refractivity contribution in [3.8, 4) is 0 Å². The number of nitrogens with one attached hydrogen (secondary N) is 1. The molecule has 1 heterocycles. The van der Waals surface area contributed by atoms with Crippen molar-refractivity contribution in [1.82, 2.24) is 5.32 Å². The molecular formula is C14H16BNO4. The minimum atomic E-state index is -0.971. The fraction of sp³-hybridized carbons (Fsp3) is 0.429. The first kappa shape index (κ1) is 13.3. The Balaban J connectivity index is 1.89. The van der Waals surface area contributed by atoms with Crippen LogP contribution in [-0.2, 0) is 16.1 Å². The lowest BCUT2D eigenvalue weighted by Gasteiger charge is -2.37. The molecule has 6 heteroatoms. The summed E-state index contributed by atoms with van der Waals surface area (Å²) in [4.78, 5) is 23.5. The average molecular weight is 273 g/mol. The van der Waals surface area contributed by atoms with Crippen molar-refractivity contribution in [1.29, 1.82) is 0 Å². The second-order valence-electron chi connectivity index (χ2n) is 5.56. The maximum absolute atomic E-state index is 12.3. The highest BCUT2D eigenvalue weighted by atomic mass is 16.5. The van der Waals surface area contributed by atoms with E-state index in [0.717, 1.165) is 18.3 Å². The second kappa shape index (κ2) is 4.72. The molecule has 1 aromatic carbocycles. The molecule has 0 unspecified atom stereocenters. The van der Waals surface area contributed by atoms with Crippen LogP contribution in [0.4, 0.5) is 0 Å². The predicted molar refractivity (Wildman–Crippen MR) is 73.7 cm³/mol. The van der Waals surface area contributed by atoms with Gasteiger partial charge in [0.05, 0.1) is 12.1 Å². The number of aldehydes is 1. The molecule has 0 spiro atoms. The highest BCUT2D eigenvalue weighted by Crippen LogP contribution is 2.30. The third-order valence-electron chi connectivity index (χ3n) is 4.33. The second-order valence-corrected chi connectivity index (χ2v) is 5.56. The minimum Gasteiger partial charge on any atom is -0.423 e. The lowest BCUT2D eigenvalue weighted by atomic mass is 9.74. The summed E-state index contributed by atoms with van der Waals surface area (Å²) in [7, 11) is -0.971. The van der Waals surface area contributed by atoms with E-state index in [1.165, 1.54) is 0 Å². The zero-order chi connectivity index (χ0) is 14.3. The number of hydrogen-bond acceptors (Lipinski definition) is 4. The largest absolute Gasteiger partial charge is 0.492 e. The molecular weight excluding hydrogens is 257 g/mol. The van der Waals surface area contributed by atoms with Crippen LogP contribution in [0.25, 0.3) is 0 Å². The Bertz CT molecular complexity index is 583. The molecule has 2 N–H and O–H groups in total. The van der Waals surface area contributed by atoms with Crippen molar-refractivity contribution >= 4 is 24.8 Å². The van der Waals surface area contributed by atoms with Crippen LogP contribution >= 0.6 is 0 Å². The van der Waals surface area contributed by atoms with Crippen LogP contribution in [0.2, 0.25) is 0 Å². The van der Waals surface area contributed by atoms with Gasteiger partial charge in [0.25, 0.3) is 5.91 Å². The molecule has 20 heavy (non-hydrogen) atoms. The highest BCUT2D eigenvalue weighted by Gasteiger charge is 2.39. The molecule has 0 atom stereocenters. The Morgan fingerprint density at radius 2 is 2.25 bits per heavy atom. The van der Waals surface area contributed by atoms with E-state index < -0.39 is 12.7 Å². The monoisotopic (exact) mass is 273 g/mol. The highest BCUT2D eigenvalue weighted by molar-refractivity contribution is 6.62. The SMILES string of the molecule is Cc1c(C(=O)NC2(C=O)CCC2)ccc2c1B(O)OC2. The third kappa shape index (κ3) is 1.96. The van der Waals surface area contributed by atoms with Crippen molar-refractivity contribution in [3.63, 3.8) is 0 Å². The Morgan fingerprint density at radius 3 is 2.85 bits per heavy atom. The summed E-state index contributed by atoms with van der Waals surface area (Å²) >= 11 is 0. The van der Waals surface area contributed by atoms with E-state index in [1.54, 1.807) is 19.1 Å². The summed E-state index contributed by atoms with van der Waals surface area (Å²) in [5, 5.41) is 12.6. The van der Waals surface area contributed by atoms with Crippen molar-refractivity contribution in [2.45, 2.75) is 38.3 Å². The van der Waals surface area contributed by atoms with Gasteiger partial charge < -0.3 is 19.8 Å². The zero-order valence-corrected chi connectivity index (χ0v) is 11.3. The first-order valence-electron chi connectivity index (χ1n) is 6.77. The summed E-state index contributed by atoms with van der Waals surface area (Å²) in [6.45, 7) is 2.15. The lowest BCUT2D eigenvalue weighted by Crippen LogP contribution is -2.55. The van der Waals surface area contributed by atoms with E-state index in [9.17, 15) is 14.6 Å². The third-order valence-corrected chi connectivity index (χ3v) is 4.33. The van der Waals surface area contributed by atoms with Crippen LogP contribution < -0.4 is 10.8 Å². The molecule has 0 aromatic heterocycles. The van der Waals surface area contributed by atoms with Crippen LogP contribution in [0.3, 0.4) is 0 Å². The number of hydrogen-bond donors (Lipinski definition) is 2. The molecule has 1 aromatic rings. The standard InChI is InChI=1S/C14H16BNO4/c1-9-11(4-3-10-7-20-15(19)12(9)10)13(18)16-14(8-17)5-2-6-14/h3-4,8,19H,2,5-7H2,1H3,(H,16,18). The van der Waals surface area contributed by atoms with Crippen LogP contribution in [0.5, 0.6) is 0 Å². The van der Waals surface area contributed by atoms with E-state index in [2.05, 4.69) is 5.32 Å². The summed E-state index contributed by atoms with van der Waals surface area (Å²) in [6.07, 6.45) is 3.17. The molecule has 5 nitrogen and oxygen atoms in total. The average Bonchev–Trinajstić information content (AvgIpc) is 2.76. The zero-order valence-electron chi connectivity index (χ0n) is 11.3. The van der Waals surface area contributed by atoms with E-state index in [4.69, 9.17) is 4.65 Å². The van der Waals surface area contributed by atoms with E-state index in [1.807, 2.05) is 0 Å². The molecule has 104 valence electrons. The maximum atomic E-state index is 12.3. The summed E-state index contributed by atoms with van der Waals surface area (Å²) in [5.41, 5.74) is 2.08. The number of carbonyl (C=O) groups excluding carboxylic acids is 2. The molecule has 1 saturated carbocycles. The fourth-order valence-electron chi connectivity index (χ4n) is 2.88. The van der Waals surface area contributed by atoms with Gasteiger partial charge in [0.2, 0.25) is 0 Å². The van der Waals surface area contributed by atoms with Gasteiger partial charge in [-0.1, -0.05) is 6.07 Å². The van der Waals surface area contributed by atoms with Gasteiger partial charge >= 0.3 is 7.12 Å². The van der Waals surface area contributed by atoms with E-state index >= 15 is 0 Å². The van der Waals surface area contributed by atoms with E-state index in [0.29, 0.717) is 36.0 Å². The Morgan fingerprint density at radius 1 is 1.50 bits per heavy atom. The first-order chi connectivity index (χ1) is 9.56. The van der Waals surface area contributed by atoms with E-state index in [-0.39, 0.29) is 5.91 Å². The van der Waals surface area contributed by atoms with Crippen molar-refractivity contribution in [3.05, 3.63) is 28.8 Å². The number of fused-ring (bicyclic) bond motifs is 1. The molecule has 0 saturated heterocycles. The van der Waals surface area contributed by atoms with Crippen LogP contribution in [0.1, 0.15) is 40.7 Å². The van der Waals surface area contributed by atoms with Gasteiger partial charge in [-0.2, -0.15) is 0 Å². The van der Waals surface area contributed by atoms with Gasteiger partial charge in [0.1, 0.15) is 6.29 Å².